The Hall–Kier alpha value is 0.270. The van der Waals surface area contributed by atoms with E-state index in [1.54, 1.807) is 0 Å². The predicted octanol–water partition coefficient (Wildman–Crippen LogP) is 1.81. The second-order valence-electron chi connectivity index (χ2n) is 4.23. The molecule has 0 spiro atoms. The maximum absolute atomic E-state index is 3.64. The fraction of sp³-hybridized carbons (Fsp3) is 1.00. The Kier molecular flexibility index (Phi) is 6.65. The van der Waals surface area contributed by atoms with Gasteiger partial charge in [-0.3, -0.25) is 0 Å². The first-order chi connectivity index (χ1) is 6.83. The minimum absolute atomic E-state index is 0.823. The summed E-state index contributed by atoms with van der Waals surface area (Å²) >= 11 is 1.93. The molecule has 84 valence electrons. The summed E-state index contributed by atoms with van der Waals surface area (Å²) in [4.78, 5) is 2.42. The van der Waals surface area contributed by atoms with Crippen LogP contribution in [0.5, 0.6) is 0 Å². The van der Waals surface area contributed by atoms with Crippen LogP contribution in [0.25, 0.3) is 0 Å². The molecule has 0 aromatic heterocycles. The van der Waals surface area contributed by atoms with E-state index in [4.69, 9.17) is 0 Å². The standard InChI is InChI=1S/C11H24N2S/c1-13(9-10-14-2)8-7-12-11-5-3-4-6-11/h11-12H,3-10H2,1-2H3. The number of hydrogen-bond donors (Lipinski definition) is 1. The van der Waals surface area contributed by atoms with Gasteiger partial charge in [-0.2, -0.15) is 11.8 Å². The molecule has 1 aliphatic carbocycles. The lowest BCUT2D eigenvalue weighted by Gasteiger charge is -2.18. The third-order valence-electron chi connectivity index (χ3n) is 2.96. The molecule has 1 rings (SSSR count). The topological polar surface area (TPSA) is 15.3 Å². The van der Waals surface area contributed by atoms with Crippen molar-refractivity contribution in [2.45, 2.75) is 31.7 Å². The molecule has 14 heavy (non-hydrogen) atoms. The Bertz CT molecular complexity index is 135. The molecule has 1 fully saturated rings. The maximum atomic E-state index is 3.64. The SMILES string of the molecule is CSCCN(C)CCNC1CCCC1. The van der Waals surface area contributed by atoms with Gasteiger partial charge in [-0.05, 0) is 26.1 Å². The first-order valence-electron chi connectivity index (χ1n) is 5.74. The zero-order chi connectivity index (χ0) is 10.2. The molecule has 1 N–H and O–H groups in total. The van der Waals surface area contributed by atoms with Gasteiger partial charge >= 0.3 is 0 Å². The molecule has 3 heteroatoms. The van der Waals surface area contributed by atoms with Gasteiger partial charge in [-0.1, -0.05) is 12.8 Å². The maximum Gasteiger partial charge on any atom is 0.0104 e. The molecule has 0 heterocycles. The number of nitrogens with one attached hydrogen (secondary N) is 1. The molecule has 0 aromatic carbocycles. The highest BCUT2D eigenvalue weighted by atomic mass is 32.2. The lowest BCUT2D eigenvalue weighted by Crippen LogP contribution is -2.35. The number of nitrogens with zero attached hydrogens (tertiary/aromatic N) is 1. The third-order valence-corrected chi connectivity index (χ3v) is 3.55. The number of hydrogen-bond acceptors (Lipinski definition) is 3. The van der Waals surface area contributed by atoms with E-state index in [2.05, 4.69) is 23.5 Å². The molecular formula is C11H24N2S. The first kappa shape index (κ1) is 12.3. The highest BCUT2D eigenvalue weighted by Crippen LogP contribution is 2.17. The van der Waals surface area contributed by atoms with E-state index in [-0.39, 0.29) is 0 Å². The largest absolute Gasteiger partial charge is 0.313 e. The van der Waals surface area contributed by atoms with Crippen LogP contribution in [0.4, 0.5) is 0 Å². The summed E-state index contributed by atoms with van der Waals surface area (Å²) in [7, 11) is 2.21. The highest BCUT2D eigenvalue weighted by Gasteiger charge is 2.13. The summed E-state index contributed by atoms with van der Waals surface area (Å²) in [5.41, 5.74) is 0. The molecular weight excluding hydrogens is 192 g/mol. The zero-order valence-corrected chi connectivity index (χ0v) is 10.4. The summed E-state index contributed by atoms with van der Waals surface area (Å²) in [6.07, 6.45) is 7.83. The van der Waals surface area contributed by atoms with Gasteiger partial charge in [0.1, 0.15) is 0 Å². The molecule has 0 unspecified atom stereocenters. The highest BCUT2D eigenvalue weighted by molar-refractivity contribution is 7.98. The first-order valence-corrected chi connectivity index (χ1v) is 7.13. The van der Waals surface area contributed by atoms with Crippen molar-refractivity contribution in [3.05, 3.63) is 0 Å². The fourth-order valence-corrected chi connectivity index (χ4v) is 2.44. The fourth-order valence-electron chi connectivity index (χ4n) is 1.95. The molecule has 0 aliphatic heterocycles. The monoisotopic (exact) mass is 216 g/mol. The van der Waals surface area contributed by atoms with Crippen LogP contribution in [0.15, 0.2) is 0 Å². The van der Waals surface area contributed by atoms with Crippen molar-refractivity contribution >= 4 is 11.8 Å². The number of rotatable bonds is 7. The second-order valence-corrected chi connectivity index (χ2v) is 5.22. The second kappa shape index (κ2) is 7.55. The Morgan fingerprint density at radius 3 is 2.64 bits per heavy atom. The van der Waals surface area contributed by atoms with E-state index in [9.17, 15) is 0 Å². The van der Waals surface area contributed by atoms with E-state index in [1.165, 1.54) is 44.5 Å². The van der Waals surface area contributed by atoms with Crippen LogP contribution in [0, 0.1) is 0 Å². The molecule has 0 aromatic rings. The Morgan fingerprint density at radius 2 is 2.00 bits per heavy atom. The Balaban J connectivity index is 1.91. The predicted molar refractivity (Wildman–Crippen MR) is 66.1 cm³/mol. The summed E-state index contributed by atoms with van der Waals surface area (Å²) in [5.74, 6) is 1.25. The van der Waals surface area contributed by atoms with Gasteiger partial charge in [0, 0.05) is 31.4 Å². The normalized spacial score (nSPS) is 18.2. The lowest BCUT2D eigenvalue weighted by atomic mass is 10.2. The molecule has 0 saturated heterocycles. The summed E-state index contributed by atoms with van der Waals surface area (Å²) in [5, 5.41) is 3.64. The molecule has 0 atom stereocenters. The van der Waals surface area contributed by atoms with Gasteiger partial charge in [0.25, 0.3) is 0 Å². The van der Waals surface area contributed by atoms with Crippen molar-refractivity contribution < 1.29 is 0 Å². The molecule has 1 aliphatic rings. The van der Waals surface area contributed by atoms with Crippen molar-refractivity contribution in [1.82, 2.24) is 10.2 Å². The van der Waals surface area contributed by atoms with Crippen LogP contribution in [0.2, 0.25) is 0 Å². The van der Waals surface area contributed by atoms with Crippen molar-refractivity contribution in [3.8, 4) is 0 Å². The molecule has 0 radical (unpaired) electrons. The number of likely N-dealkylation sites (N-methyl/N-ethyl adjacent to an activating group) is 1. The van der Waals surface area contributed by atoms with E-state index >= 15 is 0 Å². The van der Waals surface area contributed by atoms with Gasteiger partial charge in [-0.15, -0.1) is 0 Å². The van der Waals surface area contributed by atoms with Crippen molar-refractivity contribution in [3.63, 3.8) is 0 Å². The molecule has 1 saturated carbocycles. The van der Waals surface area contributed by atoms with Gasteiger partial charge in [0.2, 0.25) is 0 Å². The quantitative estimate of drug-likeness (QED) is 0.699. The van der Waals surface area contributed by atoms with Crippen LogP contribution in [-0.2, 0) is 0 Å². The lowest BCUT2D eigenvalue weighted by molar-refractivity contribution is 0.342. The van der Waals surface area contributed by atoms with E-state index in [0.29, 0.717) is 0 Å². The van der Waals surface area contributed by atoms with Gasteiger partial charge in [-0.25, -0.2) is 0 Å². The van der Waals surface area contributed by atoms with Crippen LogP contribution in [-0.4, -0.2) is 49.6 Å². The van der Waals surface area contributed by atoms with Crippen LogP contribution < -0.4 is 5.32 Å². The Labute approximate surface area is 92.8 Å². The van der Waals surface area contributed by atoms with E-state index in [1.807, 2.05) is 11.8 Å². The van der Waals surface area contributed by atoms with Crippen molar-refractivity contribution in [1.29, 1.82) is 0 Å². The average Bonchev–Trinajstić information content (AvgIpc) is 2.67. The van der Waals surface area contributed by atoms with Gasteiger partial charge in [0.15, 0.2) is 0 Å². The van der Waals surface area contributed by atoms with Crippen molar-refractivity contribution in [2.75, 3.05) is 38.7 Å². The molecule has 2 nitrogen and oxygen atoms in total. The van der Waals surface area contributed by atoms with Gasteiger partial charge in [0.05, 0.1) is 0 Å². The van der Waals surface area contributed by atoms with Crippen LogP contribution in [0.3, 0.4) is 0 Å². The minimum Gasteiger partial charge on any atom is -0.313 e. The van der Waals surface area contributed by atoms with Gasteiger partial charge < -0.3 is 10.2 Å². The summed E-state index contributed by atoms with van der Waals surface area (Å²) in [6.45, 7) is 3.57. The minimum atomic E-state index is 0.823. The van der Waals surface area contributed by atoms with Crippen LogP contribution >= 0.6 is 11.8 Å². The smallest absolute Gasteiger partial charge is 0.0104 e. The Morgan fingerprint density at radius 1 is 1.29 bits per heavy atom. The van der Waals surface area contributed by atoms with Crippen LogP contribution in [0.1, 0.15) is 25.7 Å². The summed E-state index contributed by atoms with van der Waals surface area (Å²) in [6, 6.07) is 0.823. The number of thioether (sulfide) groups is 1. The molecule has 0 bridgehead atoms. The molecule has 0 amide bonds. The zero-order valence-electron chi connectivity index (χ0n) is 9.59. The summed E-state index contributed by atoms with van der Waals surface area (Å²) < 4.78 is 0. The van der Waals surface area contributed by atoms with Crippen molar-refractivity contribution in [2.24, 2.45) is 0 Å². The van der Waals surface area contributed by atoms with E-state index < -0.39 is 0 Å². The average molecular weight is 216 g/mol. The third kappa shape index (κ3) is 5.23. The van der Waals surface area contributed by atoms with E-state index in [0.717, 1.165) is 12.6 Å².